The summed E-state index contributed by atoms with van der Waals surface area (Å²) >= 11 is 0. The van der Waals surface area contributed by atoms with E-state index >= 15 is 0 Å². The molecule has 0 heterocycles. The lowest BCUT2D eigenvalue weighted by atomic mass is 9.85. The summed E-state index contributed by atoms with van der Waals surface area (Å²) in [5.41, 5.74) is 3.12. The molecule has 0 radical (unpaired) electrons. The first-order chi connectivity index (χ1) is 16.8. The maximum absolute atomic E-state index is 13.0. The molecular weight excluding hydrogens is 438 g/mol. The van der Waals surface area contributed by atoms with Crippen LogP contribution >= 0.6 is 0 Å². The minimum Gasteiger partial charge on any atom is -0.458 e. The van der Waals surface area contributed by atoms with Gasteiger partial charge in [0.2, 0.25) is 0 Å². The van der Waals surface area contributed by atoms with E-state index in [2.05, 4.69) is 29.6 Å². The van der Waals surface area contributed by atoms with Gasteiger partial charge in [-0.3, -0.25) is 4.79 Å². The van der Waals surface area contributed by atoms with Gasteiger partial charge in [-0.05, 0) is 68.5 Å². The monoisotopic (exact) mass is 469 g/mol. The Kier molecular flexibility index (Phi) is 8.77. The van der Waals surface area contributed by atoms with E-state index in [0.29, 0.717) is 12.0 Å². The Labute approximate surface area is 206 Å². The number of allylic oxidation sites excluding steroid dienone is 1. The molecule has 0 spiro atoms. The third kappa shape index (κ3) is 7.53. The second-order valence-corrected chi connectivity index (χ2v) is 9.34. The van der Waals surface area contributed by atoms with Crippen LogP contribution in [-0.2, 0) is 14.3 Å². The number of ether oxygens (including phenoxy) is 1. The highest BCUT2D eigenvalue weighted by atomic mass is 16.6. The van der Waals surface area contributed by atoms with Crippen LogP contribution in [-0.4, -0.2) is 29.5 Å². The van der Waals surface area contributed by atoms with E-state index in [9.17, 15) is 14.4 Å². The molecule has 1 N–H and O–H groups in total. The SMILES string of the molecule is CC(C)(C)OC(=O)C(CCC=C=O)NC(=O)c1ccc(C(c2ccccc2)c2ccccc2)cc1. The summed E-state index contributed by atoms with van der Waals surface area (Å²) in [5, 5.41) is 2.76. The molecule has 1 unspecified atom stereocenters. The lowest BCUT2D eigenvalue weighted by Gasteiger charge is -2.24. The molecule has 35 heavy (non-hydrogen) atoms. The van der Waals surface area contributed by atoms with E-state index in [0.717, 1.165) is 16.7 Å². The minimum absolute atomic E-state index is 0.0270. The smallest absolute Gasteiger partial charge is 0.329 e. The number of rotatable bonds is 9. The highest BCUT2D eigenvalue weighted by molar-refractivity contribution is 5.96. The van der Waals surface area contributed by atoms with Gasteiger partial charge in [0, 0.05) is 11.5 Å². The fourth-order valence-corrected chi connectivity index (χ4v) is 3.87. The van der Waals surface area contributed by atoms with Crippen molar-refractivity contribution in [3.05, 3.63) is 113 Å². The number of esters is 1. The van der Waals surface area contributed by atoms with Crippen molar-refractivity contribution in [2.75, 3.05) is 0 Å². The lowest BCUT2D eigenvalue weighted by molar-refractivity contribution is -0.157. The van der Waals surface area contributed by atoms with E-state index < -0.39 is 17.6 Å². The van der Waals surface area contributed by atoms with E-state index in [1.807, 2.05) is 48.5 Å². The van der Waals surface area contributed by atoms with Crippen molar-refractivity contribution in [2.45, 2.75) is 51.2 Å². The molecule has 0 aromatic heterocycles. The van der Waals surface area contributed by atoms with Crippen LogP contribution in [0.4, 0.5) is 0 Å². The Morgan fingerprint density at radius 2 is 1.37 bits per heavy atom. The van der Waals surface area contributed by atoms with Gasteiger partial charge in [-0.1, -0.05) is 72.8 Å². The average Bonchev–Trinajstić information content (AvgIpc) is 2.84. The van der Waals surface area contributed by atoms with E-state index in [4.69, 9.17) is 4.74 Å². The van der Waals surface area contributed by atoms with Gasteiger partial charge >= 0.3 is 5.97 Å². The second-order valence-electron chi connectivity index (χ2n) is 9.34. The molecule has 3 aromatic rings. The van der Waals surface area contributed by atoms with Gasteiger partial charge in [0.1, 0.15) is 17.6 Å². The van der Waals surface area contributed by atoms with Crippen LogP contribution in [0, 0.1) is 0 Å². The Bertz CT molecular complexity index is 1120. The van der Waals surface area contributed by atoms with Gasteiger partial charge in [0.15, 0.2) is 0 Å². The Hall–Kier alpha value is -3.95. The summed E-state index contributed by atoms with van der Waals surface area (Å²) in [5.74, 6) is 0.817. The molecule has 0 saturated heterocycles. The molecular formula is C30H31NO4. The summed E-state index contributed by atoms with van der Waals surface area (Å²) in [6.07, 6.45) is 1.85. The molecule has 0 bridgehead atoms. The first kappa shape index (κ1) is 25.7. The van der Waals surface area contributed by atoms with E-state index in [-0.39, 0.29) is 18.2 Å². The highest BCUT2D eigenvalue weighted by Gasteiger charge is 2.27. The normalized spacial score (nSPS) is 11.9. The van der Waals surface area contributed by atoms with Crippen LogP contribution in [0.1, 0.15) is 66.6 Å². The van der Waals surface area contributed by atoms with Crippen molar-refractivity contribution < 1.29 is 19.1 Å². The van der Waals surface area contributed by atoms with Crippen LogP contribution in [0.5, 0.6) is 0 Å². The maximum atomic E-state index is 13.0. The molecule has 0 fully saturated rings. The van der Waals surface area contributed by atoms with E-state index in [1.54, 1.807) is 38.8 Å². The zero-order valence-electron chi connectivity index (χ0n) is 20.4. The number of carbonyl (C=O) groups is 2. The maximum Gasteiger partial charge on any atom is 0.329 e. The quantitative estimate of drug-likeness (QED) is 0.256. The van der Waals surface area contributed by atoms with Crippen LogP contribution in [0.3, 0.4) is 0 Å². The van der Waals surface area contributed by atoms with Crippen molar-refractivity contribution in [1.29, 1.82) is 0 Å². The third-order valence-corrected chi connectivity index (χ3v) is 5.45. The predicted molar refractivity (Wildman–Crippen MR) is 137 cm³/mol. The highest BCUT2D eigenvalue weighted by Crippen LogP contribution is 2.31. The second kappa shape index (κ2) is 12.0. The molecule has 180 valence electrons. The Morgan fingerprint density at radius 1 is 0.857 bits per heavy atom. The Morgan fingerprint density at radius 3 is 1.86 bits per heavy atom. The summed E-state index contributed by atoms with van der Waals surface area (Å²) in [7, 11) is 0. The van der Waals surface area contributed by atoms with E-state index in [1.165, 1.54) is 6.08 Å². The molecule has 3 aromatic carbocycles. The summed E-state index contributed by atoms with van der Waals surface area (Å²) in [6.45, 7) is 5.30. The predicted octanol–water partition coefficient (Wildman–Crippen LogP) is 5.47. The van der Waals surface area contributed by atoms with Crippen LogP contribution in [0.25, 0.3) is 0 Å². The first-order valence-corrected chi connectivity index (χ1v) is 11.7. The van der Waals surface area contributed by atoms with Gasteiger partial charge in [-0.25, -0.2) is 9.59 Å². The number of amides is 1. The average molecular weight is 470 g/mol. The molecule has 5 heteroatoms. The number of benzene rings is 3. The standard InChI is InChI=1S/C30H31NO4/c1-30(2,3)35-29(34)26(16-10-11-21-32)31-28(33)25-19-17-24(18-20-25)27(22-12-6-4-7-13-22)23-14-8-5-9-15-23/h4-9,11-15,17-20,26-27H,10,16H2,1-3H3,(H,31,33). The van der Waals surface area contributed by atoms with Gasteiger partial charge < -0.3 is 10.1 Å². The molecule has 0 saturated carbocycles. The third-order valence-electron chi connectivity index (χ3n) is 5.45. The fraction of sp³-hybridized carbons (Fsp3) is 0.267. The van der Waals surface area contributed by atoms with Crippen molar-refractivity contribution in [2.24, 2.45) is 0 Å². The van der Waals surface area contributed by atoms with Gasteiger partial charge in [0.05, 0.1) is 0 Å². The summed E-state index contributed by atoms with van der Waals surface area (Å²) in [4.78, 5) is 36.1. The van der Waals surface area contributed by atoms with Crippen LogP contribution in [0.2, 0.25) is 0 Å². The van der Waals surface area contributed by atoms with Crippen LogP contribution < -0.4 is 5.32 Å². The lowest BCUT2D eigenvalue weighted by Crippen LogP contribution is -2.44. The summed E-state index contributed by atoms with van der Waals surface area (Å²) < 4.78 is 5.45. The largest absolute Gasteiger partial charge is 0.458 e. The Balaban J connectivity index is 1.81. The van der Waals surface area contributed by atoms with Crippen molar-refractivity contribution >= 4 is 17.8 Å². The molecule has 0 aliphatic carbocycles. The number of carbonyl (C=O) groups excluding carboxylic acids is 3. The molecule has 1 amide bonds. The molecule has 1 atom stereocenters. The number of hydrogen-bond donors (Lipinski definition) is 1. The molecule has 0 aliphatic heterocycles. The molecule has 0 aliphatic rings. The van der Waals surface area contributed by atoms with Gasteiger partial charge in [0.25, 0.3) is 5.91 Å². The number of hydrogen-bond acceptors (Lipinski definition) is 4. The zero-order valence-corrected chi connectivity index (χ0v) is 20.4. The minimum atomic E-state index is -0.868. The van der Waals surface area contributed by atoms with Crippen molar-refractivity contribution in [3.8, 4) is 0 Å². The van der Waals surface area contributed by atoms with Crippen molar-refractivity contribution in [3.63, 3.8) is 0 Å². The number of nitrogens with one attached hydrogen (secondary N) is 1. The molecule has 5 nitrogen and oxygen atoms in total. The van der Waals surface area contributed by atoms with Crippen molar-refractivity contribution in [1.82, 2.24) is 5.32 Å². The van der Waals surface area contributed by atoms with Gasteiger partial charge in [-0.15, -0.1) is 0 Å². The topological polar surface area (TPSA) is 72.5 Å². The van der Waals surface area contributed by atoms with Crippen LogP contribution in [0.15, 0.2) is 91.0 Å². The fourth-order valence-electron chi connectivity index (χ4n) is 3.87. The first-order valence-electron chi connectivity index (χ1n) is 11.7. The zero-order chi connectivity index (χ0) is 25.3. The van der Waals surface area contributed by atoms with Gasteiger partial charge in [-0.2, -0.15) is 0 Å². The molecule has 3 rings (SSSR count). The summed E-state index contributed by atoms with van der Waals surface area (Å²) in [6, 6.07) is 27.0.